The molecule has 1 aliphatic rings. The fourth-order valence-electron chi connectivity index (χ4n) is 2.89. The molecule has 1 fully saturated rings. The fourth-order valence-corrected chi connectivity index (χ4v) is 2.89. The molecular formula is C18H33IN6O. The second-order valence-electron chi connectivity index (χ2n) is 6.47. The Kier molecular flexibility index (Phi) is 11.5. The lowest BCUT2D eigenvalue weighted by molar-refractivity contribution is 0.0468. The molecule has 0 atom stereocenters. The molecule has 0 spiro atoms. The van der Waals surface area contributed by atoms with Crippen LogP contribution in [0.2, 0.25) is 0 Å². The van der Waals surface area contributed by atoms with Gasteiger partial charge in [0.1, 0.15) is 12.4 Å². The van der Waals surface area contributed by atoms with Crippen molar-refractivity contribution in [1.29, 1.82) is 0 Å². The highest BCUT2D eigenvalue weighted by Crippen LogP contribution is 2.19. The Bertz CT molecular complexity index is 552. The van der Waals surface area contributed by atoms with E-state index in [0.29, 0.717) is 25.8 Å². The molecule has 0 radical (unpaired) electrons. The summed E-state index contributed by atoms with van der Waals surface area (Å²) in [4.78, 5) is 4.57. The number of rotatable bonds is 8. The number of halogens is 1. The van der Waals surface area contributed by atoms with Crippen LogP contribution in [-0.2, 0) is 18.3 Å². The molecule has 1 aromatic rings. The highest BCUT2D eigenvalue weighted by molar-refractivity contribution is 14.0. The van der Waals surface area contributed by atoms with Crippen LogP contribution in [0, 0.1) is 6.92 Å². The van der Waals surface area contributed by atoms with Gasteiger partial charge in [-0.1, -0.05) is 31.8 Å². The summed E-state index contributed by atoms with van der Waals surface area (Å²) in [5.41, 5.74) is 0. The Morgan fingerprint density at radius 3 is 2.62 bits per heavy atom. The topological polar surface area (TPSA) is 76.4 Å². The van der Waals surface area contributed by atoms with Gasteiger partial charge in [0.05, 0.1) is 12.7 Å². The molecule has 1 saturated carbocycles. The minimum absolute atomic E-state index is 0. The van der Waals surface area contributed by atoms with Crippen LogP contribution in [0.4, 0.5) is 0 Å². The van der Waals surface area contributed by atoms with E-state index in [9.17, 15) is 0 Å². The Labute approximate surface area is 174 Å². The van der Waals surface area contributed by atoms with Crippen molar-refractivity contribution in [3.05, 3.63) is 24.3 Å². The summed E-state index contributed by atoms with van der Waals surface area (Å²) in [6.45, 7) is 8.24. The Balaban J connectivity index is 0.00000338. The number of hydrogen-bond acceptors (Lipinski definition) is 4. The standard InChI is InChI=1S/C18H32N6O.HI/c1-4-11-19-18(21-14-17-23-22-15(2)24(17)3)20-12-13-25-16-9-7-5-6-8-10-16;/h4,16H,1,5-14H2,2-3H3,(H2,19,20,21);1H. The predicted molar refractivity (Wildman–Crippen MR) is 116 cm³/mol. The van der Waals surface area contributed by atoms with Gasteiger partial charge in [-0.25, -0.2) is 4.99 Å². The van der Waals surface area contributed by atoms with Gasteiger partial charge < -0.3 is 19.9 Å². The normalized spacial score (nSPS) is 15.8. The molecule has 0 saturated heterocycles. The third kappa shape index (κ3) is 8.03. The summed E-state index contributed by atoms with van der Waals surface area (Å²) < 4.78 is 7.96. The van der Waals surface area contributed by atoms with Crippen LogP contribution >= 0.6 is 24.0 Å². The molecule has 2 N–H and O–H groups in total. The highest BCUT2D eigenvalue weighted by atomic mass is 127. The van der Waals surface area contributed by atoms with Gasteiger partial charge in [0.2, 0.25) is 0 Å². The highest BCUT2D eigenvalue weighted by Gasteiger charge is 2.12. The van der Waals surface area contributed by atoms with Gasteiger partial charge in [0.25, 0.3) is 0 Å². The lowest BCUT2D eigenvalue weighted by atomic mass is 10.1. The molecule has 0 amide bonds. The van der Waals surface area contributed by atoms with Crippen LogP contribution in [0.3, 0.4) is 0 Å². The van der Waals surface area contributed by atoms with Crippen molar-refractivity contribution in [3.63, 3.8) is 0 Å². The van der Waals surface area contributed by atoms with Gasteiger partial charge in [0.15, 0.2) is 11.8 Å². The zero-order chi connectivity index (χ0) is 17.9. The predicted octanol–water partition coefficient (Wildman–Crippen LogP) is 2.70. The first-order valence-corrected chi connectivity index (χ1v) is 9.30. The van der Waals surface area contributed by atoms with Crippen LogP contribution in [0.15, 0.2) is 17.6 Å². The zero-order valence-corrected chi connectivity index (χ0v) is 18.4. The van der Waals surface area contributed by atoms with E-state index in [2.05, 4.69) is 32.4 Å². The number of hydrogen-bond donors (Lipinski definition) is 2. The molecule has 0 aliphatic heterocycles. The first-order chi connectivity index (χ1) is 12.2. The van der Waals surface area contributed by atoms with Crippen molar-refractivity contribution < 1.29 is 4.74 Å². The van der Waals surface area contributed by atoms with Gasteiger partial charge in [-0.05, 0) is 19.8 Å². The van der Waals surface area contributed by atoms with E-state index in [1.807, 2.05) is 24.6 Å². The van der Waals surface area contributed by atoms with E-state index in [1.54, 1.807) is 0 Å². The van der Waals surface area contributed by atoms with E-state index in [4.69, 9.17) is 4.74 Å². The number of aromatic nitrogens is 3. The zero-order valence-electron chi connectivity index (χ0n) is 16.0. The van der Waals surface area contributed by atoms with Crippen molar-refractivity contribution in [2.75, 3.05) is 19.7 Å². The average Bonchev–Trinajstić information content (AvgIpc) is 2.82. The second-order valence-corrected chi connectivity index (χ2v) is 6.47. The molecule has 7 nitrogen and oxygen atoms in total. The summed E-state index contributed by atoms with van der Waals surface area (Å²) in [5, 5.41) is 14.7. The number of ether oxygens (including phenoxy) is 1. The number of aryl methyl sites for hydroxylation is 1. The first kappa shape index (κ1) is 22.9. The summed E-state index contributed by atoms with van der Waals surface area (Å²) >= 11 is 0. The molecular weight excluding hydrogens is 443 g/mol. The SMILES string of the molecule is C=CCNC(=NCc1nnc(C)n1C)NCCOC1CCCCCC1.I. The maximum absolute atomic E-state index is 6.01. The molecule has 8 heteroatoms. The van der Waals surface area contributed by atoms with Gasteiger partial charge in [0, 0.05) is 20.1 Å². The summed E-state index contributed by atoms with van der Waals surface area (Å²) in [6, 6.07) is 0. The van der Waals surface area contributed by atoms with Gasteiger partial charge in [-0.2, -0.15) is 0 Å². The van der Waals surface area contributed by atoms with E-state index in [-0.39, 0.29) is 24.0 Å². The van der Waals surface area contributed by atoms with Gasteiger partial charge in [-0.15, -0.1) is 40.8 Å². The molecule has 0 aromatic carbocycles. The minimum atomic E-state index is 0. The lowest BCUT2D eigenvalue weighted by Gasteiger charge is -2.16. The molecule has 148 valence electrons. The van der Waals surface area contributed by atoms with Crippen LogP contribution < -0.4 is 10.6 Å². The maximum atomic E-state index is 6.01. The molecule has 0 unspecified atom stereocenters. The van der Waals surface area contributed by atoms with Crippen molar-refractivity contribution in [1.82, 2.24) is 25.4 Å². The average molecular weight is 476 g/mol. The van der Waals surface area contributed by atoms with Crippen molar-refractivity contribution in [2.45, 2.75) is 58.1 Å². The third-order valence-corrected chi connectivity index (χ3v) is 4.53. The molecule has 1 heterocycles. The van der Waals surface area contributed by atoms with Crippen LogP contribution in [0.1, 0.15) is 50.2 Å². The van der Waals surface area contributed by atoms with E-state index < -0.39 is 0 Å². The van der Waals surface area contributed by atoms with Gasteiger partial charge in [-0.3, -0.25) is 0 Å². The van der Waals surface area contributed by atoms with Crippen molar-refractivity contribution >= 4 is 29.9 Å². The first-order valence-electron chi connectivity index (χ1n) is 9.30. The lowest BCUT2D eigenvalue weighted by Crippen LogP contribution is -2.39. The largest absolute Gasteiger partial charge is 0.376 e. The molecule has 26 heavy (non-hydrogen) atoms. The summed E-state index contributed by atoms with van der Waals surface area (Å²) in [7, 11) is 1.95. The van der Waals surface area contributed by atoms with Crippen LogP contribution in [0.25, 0.3) is 0 Å². The Morgan fingerprint density at radius 1 is 1.27 bits per heavy atom. The van der Waals surface area contributed by atoms with Crippen molar-refractivity contribution in [3.8, 4) is 0 Å². The van der Waals surface area contributed by atoms with E-state index in [1.165, 1.54) is 38.5 Å². The third-order valence-electron chi connectivity index (χ3n) is 4.53. The number of aliphatic imine (C=N–C) groups is 1. The fraction of sp³-hybridized carbons (Fsp3) is 0.722. The van der Waals surface area contributed by atoms with E-state index >= 15 is 0 Å². The Morgan fingerprint density at radius 2 is 2.00 bits per heavy atom. The monoisotopic (exact) mass is 476 g/mol. The Hall–Kier alpha value is -1.16. The molecule has 2 rings (SSSR count). The van der Waals surface area contributed by atoms with Crippen molar-refractivity contribution in [2.24, 2.45) is 12.0 Å². The number of nitrogens with zero attached hydrogens (tertiary/aromatic N) is 4. The molecule has 0 bridgehead atoms. The quantitative estimate of drug-likeness (QED) is 0.151. The van der Waals surface area contributed by atoms with Crippen LogP contribution in [0.5, 0.6) is 0 Å². The van der Waals surface area contributed by atoms with Crippen LogP contribution in [-0.4, -0.2) is 46.5 Å². The smallest absolute Gasteiger partial charge is 0.192 e. The maximum Gasteiger partial charge on any atom is 0.192 e. The minimum Gasteiger partial charge on any atom is -0.376 e. The second kappa shape index (κ2) is 13.1. The number of guanidine groups is 1. The van der Waals surface area contributed by atoms with Gasteiger partial charge >= 0.3 is 0 Å². The van der Waals surface area contributed by atoms with E-state index in [0.717, 1.165) is 24.2 Å². The summed E-state index contributed by atoms with van der Waals surface area (Å²) in [5.74, 6) is 2.47. The summed E-state index contributed by atoms with van der Waals surface area (Å²) in [6.07, 6.45) is 9.91. The number of nitrogens with one attached hydrogen (secondary N) is 2. The molecule has 1 aliphatic carbocycles. The molecule has 1 aromatic heterocycles.